The first-order valence-electron chi connectivity index (χ1n) is 6.91. The minimum Gasteiger partial charge on any atom is -0.381 e. The van der Waals surface area contributed by atoms with E-state index in [1.165, 1.54) is 12.8 Å². The van der Waals surface area contributed by atoms with Crippen LogP contribution >= 0.6 is 0 Å². The molecule has 17 heavy (non-hydrogen) atoms. The summed E-state index contributed by atoms with van der Waals surface area (Å²) in [5.41, 5.74) is -0.239. The smallest absolute Gasteiger partial charge is 0.0494 e. The molecule has 2 aliphatic rings. The van der Waals surface area contributed by atoms with Gasteiger partial charge in [0, 0.05) is 24.3 Å². The molecule has 1 saturated carbocycles. The fourth-order valence-electron chi connectivity index (χ4n) is 3.11. The highest BCUT2D eigenvalue weighted by atomic mass is 16.5. The largest absolute Gasteiger partial charge is 0.381 e. The van der Waals surface area contributed by atoms with Gasteiger partial charge in [-0.25, -0.2) is 0 Å². The van der Waals surface area contributed by atoms with E-state index in [0.29, 0.717) is 5.92 Å². The van der Waals surface area contributed by atoms with Crippen LogP contribution in [0.3, 0.4) is 0 Å². The van der Waals surface area contributed by atoms with Crippen LogP contribution in [0.4, 0.5) is 0 Å². The van der Waals surface area contributed by atoms with Gasteiger partial charge in [-0.15, -0.1) is 0 Å². The maximum atomic E-state index is 10.2. The van der Waals surface area contributed by atoms with Gasteiger partial charge >= 0.3 is 0 Å². The summed E-state index contributed by atoms with van der Waals surface area (Å²) in [5, 5.41) is 11.7. The Morgan fingerprint density at radius 2 is 1.88 bits per heavy atom. The molecule has 2 rings (SSSR count). The van der Waals surface area contributed by atoms with Crippen LogP contribution in [0.5, 0.6) is 0 Å². The van der Waals surface area contributed by atoms with Crippen LogP contribution < -0.4 is 0 Å². The summed E-state index contributed by atoms with van der Waals surface area (Å²) in [6.45, 7) is 10.3. The van der Waals surface area contributed by atoms with E-state index in [4.69, 9.17) is 4.74 Å². The molecular formula is C14H27NO2. The van der Waals surface area contributed by atoms with Gasteiger partial charge in [-0.05, 0) is 65.2 Å². The van der Waals surface area contributed by atoms with Crippen molar-refractivity contribution in [2.45, 2.75) is 64.5 Å². The summed E-state index contributed by atoms with van der Waals surface area (Å²) in [7, 11) is 0. The fraction of sp³-hybridized carbons (Fsp3) is 1.00. The van der Waals surface area contributed by atoms with Crippen molar-refractivity contribution in [2.75, 3.05) is 13.2 Å². The Morgan fingerprint density at radius 3 is 2.35 bits per heavy atom. The van der Waals surface area contributed by atoms with Crippen molar-refractivity contribution in [1.29, 1.82) is 0 Å². The van der Waals surface area contributed by atoms with Gasteiger partial charge in [0.1, 0.15) is 0 Å². The fourth-order valence-corrected chi connectivity index (χ4v) is 3.11. The zero-order chi connectivity index (χ0) is 12.7. The minimum atomic E-state index is -0.132. The van der Waals surface area contributed by atoms with Crippen LogP contribution in [-0.2, 0) is 4.74 Å². The molecule has 0 aromatic rings. The molecule has 0 bridgehead atoms. The van der Waals surface area contributed by atoms with E-state index in [1.54, 1.807) is 5.06 Å². The van der Waals surface area contributed by atoms with Gasteiger partial charge in [-0.1, -0.05) is 0 Å². The van der Waals surface area contributed by atoms with Crippen LogP contribution in [-0.4, -0.2) is 34.6 Å². The Bertz CT molecular complexity index is 271. The molecule has 0 spiro atoms. The lowest BCUT2D eigenvalue weighted by atomic mass is 9.85. The number of rotatable bonds is 5. The van der Waals surface area contributed by atoms with Crippen molar-refractivity contribution in [2.24, 2.45) is 11.8 Å². The van der Waals surface area contributed by atoms with Gasteiger partial charge in [-0.3, -0.25) is 0 Å². The second kappa shape index (κ2) is 4.52. The van der Waals surface area contributed by atoms with Gasteiger partial charge in [0.15, 0.2) is 0 Å². The predicted molar refractivity (Wildman–Crippen MR) is 68.1 cm³/mol. The average molecular weight is 241 g/mol. The zero-order valence-corrected chi connectivity index (χ0v) is 11.7. The van der Waals surface area contributed by atoms with Crippen LogP contribution in [0.15, 0.2) is 0 Å². The quantitative estimate of drug-likeness (QED) is 0.751. The number of ether oxygens (including phenoxy) is 1. The number of hydrogen-bond acceptors (Lipinski definition) is 3. The molecule has 1 heterocycles. The summed E-state index contributed by atoms with van der Waals surface area (Å²) in [6.07, 6.45) is 4.81. The van der Waals surface area contributed by atoms with Crippen LogP contribution in [0.1, 0.15) is 53.4 Å². The molecule has 0 aromatic carbocycles. The lowest BCUT2D eigenvalue weighted by molar-refractivity contribution is -0.197. The van der Waals surface area contributed by atoms with E-state index < -0.39 is 0 Å². The van der Waals surface area contributed by atoms with Gasteiger partial charge < -0.3 is 9.94 Å². The second-order valence-corrected chi connectivity index (χ2v) is 6.99. The topological polar surface area (TPSA) is 32.7 Å². The third-order valence-electron chi connectivity index (χ3n) is 4.53. The van der Waals surface area contributed by atoms with Gasteiger partial charge in [-0.2, -0.15) is 5.06 Å². The molecule has 100 valence electrons. The SMILES string of the molecule is CC1(C)CC(CCOCC2CC2)C(C)(C)N1O. The molecule has 1 unspecified atom stereocenters. The van der Waals surface area contributed by atoms with Crippen LogP contribution in [0.2, 0.25) is 0 Å². The Balaban J connectivity index is 1.79. The maximum absolute atomic E-state index is 10.2. The number of nitrogens with zero attached hydrogens (tertiary/aromatic N) is 1. The molecule has 1 aliphatic carbocycles. The normalized spacial score (nSPS) is 31.9. The molecule has 1 saturated heterocycles. The van der Waals surface area contributed by atoms with E-state index >= 15 is 0 Å². The monoisotopic (exact) mass is 241 g/mol. The summed E-state index contributed by atoms with van der Waals surface area (Å²) in [5.74, 6) is 1.36. The van der Waals surface area contributed by atoms with Gasteiger partial charge in [0.2, 0.25) is 0 Å². The molecule has 2 fully saturated rings. The maximum Gasteiger partial charge on any atom is 0.0494 e. The van der Waals surface area contributed by atoms with Crippen LogP contribution in [0, 0.1) is 11.8 Å². The Morgan fingerprint density at radius 1 is 1.24 bits per heavy atom. The molecular weight excluding hydrogens is 214 g/mol. The van der Waals surface area contributed by atoms with Gasteiger partial charge in [0.05, 0.1) is 0 Å². The first-order valence-corrected chi connectivity index (χ1v) is 6.91. The summed E-state index contributed by atoms with van der Waals surface area (Å²) >= 11 is 0. The summed E-state index contributed by atoms with van der Waals surface area (Å²) in [6, 6.07) is 0. The van der Waals surface area contributed by atoms with E-state index in [0.717, 1.165) is 32.0 Å². The van der Waals surface area contributed by atoms with Crippen molar-refractivity contribution in [3.05, 3.63) is 0 Å². The molecule has 0 radical (unpaired) electrons. The van der Waals surface area contributed by atoms with E-state index in [-0.39, 0.29) is 11.1 Å². The predicted octanol–water partition coefficient (Wildman–Crippen LogP) is 3.07. The lowest BCUT2D eigenvalue weighted by Gasteiger charge is -2.36. The highest BCUT2D eigenvalue weighted by Gasteiger charge is 2.50. The molecule has 0 aromatic heterocycles. The zero-order valence-electron chi connectivity index (χ0n) is 11.7. The highest BCUT2D eigenvalue weighted by Crippen LogP contribution is 2.44. The van der Waals surface area contributed by atoms with Crippen LogP contribution in [0.25, 0.3) is 0 Å². The molecule has 3 nitrogen and oxygen atoms in total. The molecule has 1 atom stereocenters. The van der Waals surface area contributed by atoms with E-state index in [2.05, 4.69) is 27.7 Å². The Labute approximate surface area is 105 Å². The molecule has 1 aliphatic heterocycles. The molecule has 3 heteroatoms. The van der Waals surface area contributed by atoms with Crippen molar-refractivity contribution in [3.63, 3.8) is 0 Å². The third-order valence-corrected chi connectivity index (χ3v) is 4.53. The first-order chi connectivity index (χ1) is 7.84. The molecule has 1 N–H and O–H groups in total. The second-order valence-electron chi connectivity index (χ2n) is 6.99. The van der Waals surface area contributed by atoms with Crippen molar-refractivity contribution >= 4 is 0 Å². The average Bonchev–Trinajstić information content (AvgIpc) is 3.02. The standard InChI is InChI=1S/C14H27NO2/c1-13(2)9-12(14(3,4)15(13)16)7-8-17-10-11-5-6-11/h11-12,16H,5-10H2,1-4H3. The van der Waals surface area contributed by atoms with Crippen molar-refractivity contribution in [3.8, 4) is 0 Å². The summed E-state index contributed by atoms with van der Waals surface area (Å²) < 4.78 is 5.72. The minimum absolute atomic E-state index is 0.106. The number of hydroxylamine groups is 2. The summed E-state index contributed by atoms with van der Waals surface area (Å²) in [4.78, 5) is 0. The van der Waals surface area contributed by atoms with Gasteiger partial charge in [0.25, 0.3) is 0 Å². The molecule has 0 amide bonds. The van der Waals surface area contributed by atoms with E-state index in [1.807, 2.05) is 0 Å². The lowest BCUT2D eigenvalue weighted by Crippen LogP contribution is -2.47. The number of hydrogen-bond donors (Lipinski definition) is 1. The van der Waals surface area contributed by atoms with Crippen molar-refractivity contribution in [1.82, 2.24) is 5.06 Å². The van der Waals surface area contributed by atoms with Crippen molar-refractivity contribution < 1.29 is 9.94 Å². The Kier molecular flexibility index (Phi) is 3.54. The third kappa shape index (κ3) is 2.83. The Hall–Kier alpha value is -0.120. The highest BCUT2D eigenvalue weighted by molar-refractivity contribution is 5.01. The first kappa shape index (κ1) is 13.3. The van der Waals surface area contributed by atoms with E-state index in [9.17, 15) is 5.21 Å².